The van der Waals surface area contributed by atoms with Crippen molar-refractivity contribution in [1.82, 2.24) is 9.88 Å². The molecule has 2 aromatic carbocycles. The van der Waals surface area contributed by atoms with E-state index in [9.17, 15) is 4.79 Å². The Morgan fingerprint density at radius 3 is 2.61 bits per heavy atom. The molecule has 0 saturated carbocycles. The highest BCUT2D eigenvalue weighted by atomic mass is 35.5. The zero-order valence-corrected chi connectivity index (χ0v) is 19.4. The summed E-state index contributed by atoms with van der Waals surface area (Å²) in [6.07, 6.45) is 2.73. The predicted octanol–water partition coefficient (Wildman–Crippen LogP) is 5.10. The summed E-state index contributed by atoms with van der Waals surface area (Å²) in [7, 11) is 1.72. The van der Waals surface area contributed by atoms with Gasteiger partial charge in [0.2, 0.25) is 0 Å². The second-order valence-corrected chi connectivity index (χ2v) is 8.30. The normalized spacial score (nSPS) is 14.4. The molecule has 33 heavy (non-hydrogen) atoms. The SMILES string of the molecule is COc1ccccc1CN1CCCN(c2ccc(NC(=O)Nc3ccccc3Cl)cn2)CC1. The van der Waals surface area contributed by atoms with Gasteiger partial charge in [0.25, 0.3) is 0 Å². The maximum absolute atomic E-state index is 12.3. The molecule has 1 aliphatic rings. The number of nitrogens with one attached hydrogen (secondary N) is 2. The van der Waals surface area contributed by atoms with E-state index in [1.807, 2.05) is 36.4 Å². The topological polar surface area (TPSA) is 69.7 Å². The van der Waals surface area contributed by atoms with Gasteiger partial charge in [-0.05, 0) is 36.8 Å². The van der Waals surface area contributed by atoms with E-state index >= 15 is 0 Å². The first-order chi connectivity index (χ1) is 16.1. The lowest BCUT2D eigenvalue weighted by atomic mass is 10.2. The van der Waals surface area contributed by atoms with E-state index in [1.165, 1.54) is 5.56 Å². The number of carbonyl (C=O) groups excluding carboxylic acids is 1. The van der Waals surface area contributed by atoms with Crippen LogP contribution in [0, 0.1) is 0 Å². The van der Waals surface area contributed by atoms with E-state index in [0.29, 0.717) is 16.4 Å². The summed E-state index contributed by atoms with van der Waals surface area (Å²) in [6, 6.07) is 18.7. The van der Waals surface area contributed by atoms with Crippen LogP contribution >= 0.6 is 11.6 Å². The summed E-state index contributed by atoms with van der Waals surface area (Å²) < 4.78 is 5.50. The first-order valence-electron chi connectivity index (χ1n) is 11.0. The average Bonchev–Trinajstić information content (AvgIpc) is 3.07. The molecule has 172 valence electrons. The van der Waals surface area contributed by atoms with Gasteiger partial charge < -0.3 is 20.3 Å². The van der Waals surface area contributed by atoms with Gasteiger partial charge in [0.05, 0.1) is 29.7 Å². The number of benzene rings is 2. The Bertz CT molecular complexity index is 1080. The summed E-state index contributed by atoms with van der Waals surface area (Å²) in [5.41, 5.74) is 2.39. The number of hydrogen-bond acceptors (Lipinski definition) is 5. The summed E-state index contributed by atoms with van der Waals surface area (Å²) in [5, 5.41) is 6.03. The van der Waals surface area contributed by atoms with E-state index in [0.717, 1.165) is 50.7 Å². The third kappa shape index (κ3) is 6.15. The highest BCUT2D eigenvalue weighted by molar-refractivity contribution is 6.33. The number of anilines is 3. The van der Waals surface area contributed by atoms with Crippen LogP contribution in [-0.4, -0.2) is 49.2 Å². The number of carbonyl (C=O) groups is 1. The average molecular weight is 466 g/mol. The smallest absolute Gasteiger partial charge is 0.323 e. The maximum atomic E-state index is 12.3. The standard InChI is InChI=1S/C25H28ClN5O2/c1-33-23-10-5-2-7-19(23)18-30-13-6-14-31(16-15-30)24-12-11-20(17-27-24)28-25(32)29-22-9-4-3-8-21(22)26/h2-5,7-12,17H,6,13-16,18H2,1H3,(H2,28,29,32). The molecular formula is C25H28ClN5O2. The van der Waals surface area contributed by atoms with Crippen LogP contribution in [0.3, 0.4) is 0 Å². The highest BCUT2D eigenvalue weighted by Crippen LogP contribution is 2.23. The molecule has 0 spiro atoms. The first-order valence-corrected chi connectivity index (χ1v) is 11.4. The molecule has 2 heterocycles. The largest absolute Gasteiger partial charge is 0.496 e. The number of methoxy groups -OCH3 is 1. The molecule has 0 unspecified atom stereocenters. The molecule has 4 rings (SSSR count). The van der Waals surface area contributed by atoms with Crippen molar-refractivity contribution in [3.63, 3.8) is 0 Å². The van der Waals surface area contributed by atoms with Crippen LogP contribution in [0.15, 0.2) is 66.9 Å². The number of aromatic nitrogens is 1. The van der Waals surface area contributed by atoms with E-state index in [-0.39, 0.29) is 6.03 Å². The summed E-state index contributed by atoms with van der Waals surface area (Å²) in [4.78, 5) is 21.6. The summed E-state index contributed by atoms with van der Waals surface area (Å²) in [5.74, 6) is 1.84. The van der Waals surface area contributed by atoms with Crippen molar-refractivity contribution >= 4 is 34.8 Å². The number of urea groups is 1. The fourth-order valence-electron chi connectivity index (χ4n) is 3.93. The van der Waals surface area contributed by atoms with Gasteiger partial charge in [0.1, 0.15) is 11.6 Å². The number of rotatable bonds is 6. The molecular weight excluding hydrogens is 438 g/mol. The minimum atomic E-state index is -0.362. The molecule has 3 aromatic rings. The second-order valence-electron chi connectivity index (χ2n) is 7.89. The van der Waals surface area contributed by atoms with E-state index < -0.39 is 0 Å². The fraction of sp³-hybridized carbons (Fsp3) is 0.280. The highest BCUT2D eigenvalue weighted by Gasteiger charge is 2.17. The van der Waals surface area contributed by atoms with Gasteiger partial charge in [-0.15, -0.1) is 0 Å². The van der Waals surface area contributed by atoms with Crippen LogP contribution < -0.4 is 20.3 Å². The van der Waals surface area contributed by atoms with Gasteiger partial charge in [0.15, 0.2) is 0 Å². The van der Waals surface area contributed by atoms with E-state index in [2.05, 4.69) is 37.6 Å². The Morgan fingerprint density at radius 1 is 1.00 bits per heavy atom. The van der Waals surface area contributed by atoms with Gasteiger partial charge in [-0.1, -0.05) is 41.9 Å². The van der Waals surface area contributed by atoms with Crippen LogP contribution in [0.1, 0.15) is 12.0 Å². The zero-order chi connectivity index (χ0) is 23.0. The number of nitrogens with zero attached hydrogens (tertiary/aromatic N) is 3. The van der Waals surface area contributed by atoms with Crippen molar-refractivity contribution in [2.24, 2.45) is 0 Å². The number of ether oxygens (including phenoxy) is 1. The minimum Gasteiger partial charge on any atom is -0.496 e. The van der Waals surface area contributed by atoms with E-state index in [4.69, 9.17) is 16.3 Å². The number of halogens is 1. The van der Waals surface area contributed by atoms with Crippen molar-refractivity contribution < 1.29 is 9.53 Å². The number of pyridine rings is 1. The van der Waals surface area contributed by atoms with Gasteiger partial charge in [0, 0.05) is 38.3 Å². The molecule has 1 fully saturated rings. The van der Waals surface area contributed by atoms with Gasteiger partial charge in [-0.2, -0.15) is 0 Å². The molecule has 7 nitrogen and oxygen atoms in total. The van der Waals surface area contributed by atoms with Crippen molar-refractivity contribution in [2.45, 2.75) is 13.0 Å². The Morgan fingerprint density at radius 2 is 1.82 bits per heavy atom. The monoisotopic (exact) mass is 465 g/mol. The third-order valence-electron chi connectivity index (χ3n) is 5.63. The quantitative estimate of drug-likeness (QED) is 0.530. The lowest BCUT2D eigenvalue weighted by Gasteiger charge is -2.23. The van der Waals surface area contributed by atoms with E-state index in [1.54, 1.807) is 25.4 Å². The first kappa shape index (κ1) is 22.9. The Hall–Kier alpha value is -3.29. The maximum Gasteiger partial charge on any atom is 0.323 e. The van der Waals surface area contributed by atoms with Gasteiger partial charge in [-0.3, -0.25) is 4.90 Å². The van der Waals surface area contributed by atoms with Crippen LogP contribution in [0.4, 0.5) is 22.0 Å². The molecule has 0 atom stereocenters. The van der Waals surface area contributed by atoms with Crippen LogP contribution in [-0.2, 0) is 6.54 Å². The second kappa shape index (κ2) is 11.0. The third-order valence-corrected chi connectivity index (χ3v) is 5.96. The van der Waals surface area contributed by atoms with Crippen LogP contribution in [0.5, 0.6) is 5.75 Å². The molecule has 8 heteroatoms. The molecule has 2 N–H and O–H groups in total. The van der Waals surface area contributed by atoms with Crippen molar-refractivity contribution in [2.75, 3.05) is 48.8 Å². The van der Waals surface area contributed by atoms with Crippen molar-refractivity contribution in [1.29, 1.82) is 0 Å². The molecule has 0 aliphatic carbocycles. The molecule has 1 aromatic heterocycles. The Labute approximate surface area is 199 Å². The summed E-state index contributed by atoms with van der Waals surface area (Å²) in [6.45, 7) is 4.67. The minimum absolute atomic E-state index is 0.362. The predicted molar refractivity (Wildman–Crippen MR) is 133 cm³/mol. The number of amides is 2. The number of para-hydroxylation sites is 2. The van der Waals surface area contributed by atoms with Crippen LogP contribution in [0.2, 0.25) is 5.02 Å². The molecule has 0 bridgehead atoms. The zero-order valence-electron chi connectivity index (χ0n) is 18.6. The van der Waals surface area contributed by atoms with Gasteiger partial charge >= 0.3 is 6.03 Å². The fourth-order valence-corrected chi connectivity index (χ4v) is 4.11. The molecule has 1 aliphatic heterocycles. The van der Waals surface area contributed by atoms with Crippen molar-refractivity contribution in [3.8, 4) is 5.75 Å². The van der Waals surface area contributed by atoms with Crippen LogP contribution in [0.25, 0.3) is 0 Å². The Balaban J connectivity index is 1.31. The lowest BCUT2D eigenvalue weighted by molar-refractivity contribution is 0.262. The van der Waals surface area contributed by atoms with Crippen molar-refractivity contribution in [3.05, 3.63) is 77.4 Å². The molecule has 2 amide bonds. The molecule has 1 saturated heterocycles. The Kier molecular flexibility index (Phi) is 7.65. The van der Waals surface area contributed by atoms with Gasteiger partial charge in [-0.25, -0.2) is 9.78 Å². The molecule has 0 radical (unpaired) electrons. The lowest BCUT2D eigenvalue weighted by Crippen LogP contribution is -2.31. The number of hydrogen-bond donors (Lipinski definition) is 2. The summed E-state index contributed by atoms with van der Waals surface area (Å²) >= 11 is 6.09.